The van der Waals surface area contributed by atoms with Gasteiger partial charge in [0.2, 0.25) is 0 Å². The Hall–Kier alpha value is -1.30. The molecule has 0 aliphatic carbocycles. The van der Waals surface area contributed by atoms with E-state index in [9.17, 15) is 5.11 Å². The van der Waals surface area contributed by atoms with E-state index in [-0.39, 0.29) is 12.1 Å². The summed E-state index contributed by atoms with van der Waals surface area (Å²) in [4.78, 5) is 0. The van der Waals surface area contributed by atoms with Crippen LogP contribution in [0.4, 0.5) is 0 Å². The van der Waals surface area contributed by atoms with Gasteiger partial charge in [0.15, 0.2) is 11.5 Å². The maximum absolute atomic E-state index is 9.91. The van der Waals surface area contributed by atoms with Gasteiger partial charge in [-0.1, -0.05) is 19.9 Å². The molecule has 0 bridgehead atoms. The number of nitrogens with one attached hydrogen (secondary N) is 2. The summed E-state index contributed by atoms with van der Waals surface area (Å²) in [6, 6.07) is 6.21. The van der Waals surface area contributed by atoms with E-state index in [1.165, 1.54) is 0 Å². The summed E-state index contributed by atoms with van der Waals surface area (Å²) in [7, 11) is 1.62. The Morgan fingerprint density at radius 3 is 2.43 bits per heavy atom. The monoisotopic (exact) mass is 324 g/mol. The van der Waals surface area contributed by atoms with Gasteiger partial charge in [0.1, 0.15) is 12.7 Å². The molecule has 1 atom stereocenters. The van der Waals surface area contributed by atoms with E-state index in [1.807, 2.05) is 32.0 Å². The summed E-state index contributed by atoms with van der Waals surface area (Å²) >= 11 is 0. The van der Waals surface area contributed by atoms with E-state index in [0.717, 1.165) is 12.1 Å². The average Bonchev–Trinajstić information content (AvgIpc) is 2.48. The third-order valence-electron chi connectivity index (χ3n) is 3.24. The zero-order valence-electron chi connectivity index (χ0n) is 15.3. The van der Waals surface area contributed by atoms with Crippen LogP contribution in [0.3, 0.4) is 0 Å². The summed E-state index contributed by atoms with van der Waals surface area (Å²) < 4.78 is 11.1. The Morgan fingerprint density at radius 2 is 1.87 bits per heavy atom. The Labute approximate surface area is 140 Å². The highest BCUT2D eigenvalue weighted by atomic mass is 16.5. The molecule has 0 saturated heterocycles. The van der Waals surface area contributed by atoms with Crippen molar-refractivity contribution < 1.29 is 14.6 Å². The molecule has 0 heterocycles. The highest BCUT2D eigenvalue weighted by Crippen LogP contribution is 2.28. The average molecular weight is 324 g/mol. The summed E-state index contributed by atoms with van der Waals surface area (Å²) in [6.45, 7) is 12.0. The highest BCUT2D eigenvalue weighted by molar-refractivity contribution is 5.43. The molecule has 0 aliphatic rings. The van der Waals surface area contributed by atoms with Crippen LogP contribution in [0.15, 0.2) is 18.2 Å². The smallest absolute Gasteiger partial charge is 0.161 e. The van der Waals surface area contributed by atoms with Gasteiger partial charge in [-0.15, -0.1) is 0 Å². The van der Waals surface area contributed by atoms with Crippen LogP contribution in [-0.2, 0) is 6.54 Å². The van der Waals surface area contributed by atoms with Gasteiger partial charge < -0.3 is 25.2 Å². The maximum Gasteiger partial charge on any atom is 0.161 e. The summed E-state index contributed by atoms with van der Waals surface area (Å²) in [5.74, 6) is 1.33. The molecule has 0 spiro atoms. The fourth-order valence-electron chi connectivity index (χ4n) is 1.93. The van der Waals surface area contributed by atoms with Crippen molar-refractivity contribution >= 4 is 0 Å². The molecular weight excluding hydrogens is 292 g/mol. The van der Waals surface area contributed by atoms with E-state index in [2.05, 4.69) is 31.4 Å². The molecule has 5 heteroatoms. The van der Waals surface area contributed by atoms with Gasteiger partial charge in [0.05, 0.1) is 7.11 Å². The number of ether oxygens (including phenoxy) is 2. The van der Waals surface area contributed by atoms with E-state index in [1.54, 1.807) is 7.11 Å². The van der Waals surface area contributed by atoms with Crippen LogP contribution in [0.25, 0.3) is 0 Å². The minimum absolute atomic E-state index is 0.0654. The quantitative estimate of drug-likeness (QED) is 0.651. The van der Waals surface area contributed by atoms with Gasteiger partial charge in [-0.2, -0.15) is 0 Å². The van der Waals surface area contributed by atoms with Crippen molar-refractivity contribution in [3.05, 3.63) is 23.8 Å². The largest absolute Gasteiger partial charge is 0.493 e. The topological polar surface area (TPSA) is 62.8 Å². The summed E-state index contributed by atoms with van der Waals surface area (Å²) in [5.41, 5.74) is 1.20. The Bertz CT molecular complexity index is 470. The predicted octanol–water partition coefficient (Wildman–Crippen LogP) is 2.32. The molecule has 5 nitrogen and oxygen atoms in total. The first-order valence-electron chi connectivity index (χ1n) is 8.17. The first-order valence-corrected chi connectivity index (χ1v) is 8.17. The number of hydrogen-bond donors (Lipinski definition) is 3. The van der Waals surface area contributed by atoms with Crippen LogP contribution in [0.5, 0.6) is 11.5 Å². The maximum atomic E-state index is 9.91. The molecule has 1 rings (SSSR count). The standard InChI is InChI=1S/C18H32N2O3/c1-13(2)19-11-15(21)12-23-16-8-7-14(9-17(16)22-6)10-20-18(3,4)5/h7-9,13,15,19-21H,10-12H2,1-6H3. The van der Waals surface area contributed by atoms with Crippen LogP contribution < -0.4 is 20.1 Å². The number of methoxy groups -OCH3 is 1. The second-order valence-corrected chi connectivity index (χ2v) is 7.12. The molecule has 0 fully saturated rings. The molecule has 0 amide bonds. The molecule has 1 aromatic carbocycles. The molecule has 0 saturated carbocycles. The van der Waals surface area contributed by atoms with E-state index < -0.39 is 6.10 Å². The van der Waals surface area contributed by atoms with Crippen molar-refractivity contribution in [1.82, 2.24) is 10.6 Å². The van der Waals surface area contributed by atoms with Crippen LogP contribution in [0.2, 0.25) is 0 Å². The van der Waals surface area contributed by atoms with E-state index in [4.69, 9.17) is 9.47 Å². The van der Waals surface area contributed by atoms with Crippen molar-refractivity contribution in [1.29, 1.82) is 0 Å². The number of benzene rings is 1. The van der Waals surface area contributed by atoms with Gasteiger partial charge in [-0.05, 0) is 38.5 Å². The van der Waals surface area contributed by atoms with Gasteiger partial charge in [0, 0.05) is 24.7 Å². The van der Waals surface area contributed by atoms with Crippen molar-refractivity contribution in [3.63, 3.8) is 0 Å². The van der Waals surface area contributed by atoms with Crippen molar-refractivity contribution in [3.8, 4) is 11.5 Å². The van der Waals surface area contributed by atoms with Gasteiger partial charge >= 0.3 is 0 Å². The van der Waals surface area contributed by atoms with Gasteiger partial charge in [-0.25, -0.2) is 0 Å². The predicted molar refractivity (Wildman–Crippen MR) is 94.2 cm³/mol. The molecule has 23 heavy (non-hydrogen) atoms. The first kappa shape index (κ1) is 19.7. The number of aliphatic hydroxyl groups is 1. The third kappa shape index (κ3) is 8.21. The SMILES string of the molecule is COc1cc(CNC(C)(C)C)ccc1OCC(O)CNC(C)C. The van der Waals surface area contributed by atoms with Crippen LogP contribution in [-0.4, -0.2) is 43.1 Å². The fraction of sp³-hybridized carbons (Fsp3) is 0.667. The zero-order valence-corrected chi connectivity index (χ0v) is 15.3. The Morgan fingerprint density at radius 1 is 1.17 bits per heavy atom. The summed E-state index contributed by atoms with van der Waals surface area (Å²) in [6.07, 6.45) is -0.552. The van der Waals surface area contributed by atoms with Crippen molar-refractivity contribution in [2.45, 2.75) is 58.8 Å². The molecule has 0 aliphatic heterocycles. The first-order chi connectivity index (χ1) is 10.7. The van der Waals surface area contributed by atoms with Gasteiger partial charge in [-0.3, -0.25) is 0 Å². The van der Waals surface area contributed by atoms with E-state index in [0.29, 0.717) is 24.1 Å². The zero-order chi connectivity index (χ0) is 17.5. The van der Waals surface area contributed by atoms with E-state index >= 15 is 0 Å². The van der Waals surface area contributed by atoms with Crippen LogP contribution in [0.1, 0.15) is 40.2 Å². The molecule has 1 unspecified atom stereocenters. The van der Waals surface area contributed by atoms with Crippen molar-refractivity contribution in [2.75, 3.05) is 20.3 Å². The molecule has 3 N–H and O–H groups in total. The number of rotatable bonds is 9. The second-order valence-electron chi connectivity index (χ2n) is 7.12. The number of aliphatic hydroxyl groups excluding tert-OH is 1. The molecule has 0 radical (unpaired) electrons. The lowest BCUT2D eigenvalue weighted by Gasteiger charge is -2.21. The minimum Gasteiger partial charge on any atom is -0.493 e. The summed E-state index contributed by atoms with van der Waals surface area (Å²) in [5, 5.41) is 16.5. The third-order valence-corrected chi connectivity index (χ3v) is 3.24. The van der Waals surface area contributed by atoms with Crippen molar-refractivity contribution in [2.24, 2.45) is 0 Å². The lowest BCUT2D eigenvalue weighted by atomic mass is 10.1. The Balaban J connectivity index is 2.59. The highest BCUT2D eigenvalue weighted by Gasteiger charge is 2.12. The van der Waals surface area contributed by atoms with Gasteiger partial charge in [0.25, 0.3) is 0 Å². The lowest BCUT2D eigenvalue weighted by molar-refractivity contribution is 0.103. The molecule has 0 aromatic heterocycles. The molecule has 132 valence electrons. The molecular formula is C18H32N2O3. The van der Waals surface area contributed by atoms with Crippen LogP contribution in [0, 0.1) is 0 Å². The fourth-order valence-corrected chi connectivity index (χ4v) is 1.93. The lowest BCUT2D eigenvalue weighted by Crippen LogP contribution is -2.35. The molecule has 1 aromatic rings. The minimum atomic E-state index is -0.552. The van der Waals surface area contributed by atoms with Crippen LogP contribution >= 0.6 is 0 Å². The normalized spacial score (nSPS) is 13.2. The Kier molecular flexibility index (Phi) is 7.82. The second kappa shape index (κ2) is 9.11. The number of hydrogen-bond acceptors (Lipinski definition) is 5.